The van der Waals surface area contributed by atoms with Crippen LogP contribution in [0.4, 0.5) is 0 Å². The zero-order valence-corrected chi connectivity index (χ0v) is 18.5. The van der Waals surface area contributed by atoms with Gasteiger partial charge in [0.2, 0.25) is 15.9 Å². The maximum atomic E-state index is 12.7. The first-order chi connectivity index (χ1) is 14.4. The quantitative estimate of drug-likeness (QED) is 0.700. The van der Waals surface area contributed by atoms with E-state index in [0.717, 1.165) is 6.42 Å². The third-order valence-corrected chi connectivity index (χ3v) is 7.67. The Balaban J connectivity index is 1.51. The molecule has 0 bridgehead atoms. The monoisotopic (exact) mass is 429 g/mol. The molecule has 30 heavy (non-hydrogen) atoms. The number of nitrogens with one attached hydrogen (secondary N) is 1. The first-order valence-electron chi connectivity index (χ1n) is 10.4. The predicted octanol–water partition coefficient (Wildman–Crippen LogP) is 2.38. The van der Waals surface area contributed by atoms with Crippen molar-refractivity contribution in [2.75, 3.05) is 33.7 Å². The third kappa shape index (κ3) is 5.68. The van der Waals surface area contributed by atoms with Crippen LogP contribution in [-0.4, -0.2) is 63.3 Å². The number of rotatable bonds is 8. The minimum atomic E-state index is -3.49. The third-order valence-electron chi connectivity index (χ3n) is 5.76. The summed E-state index contributed by atoms with van der Waals surface area (Å²) >= 11 is 0. The van der Waals surface area contributed by atoms with Gasteiger partial charge < -0.3 is 10.2 Å². The molecule has 1 N–H and O–H groups in total. The largest absolute Gasteiger partial charge is 0.354 e. The summed E-state index contributed by atoms with van der Waals surface area (Å²) in [5.74, 6) is -0.126. The summed E-state index contributed by atoms with van der Waals surface area (Å²) in [5.41, 5.74) is 1.24. The second kappa shape index (κ2) is 10.2. The summed E-state index contributed by atoms with van der Waals surface area (Å²) in [5, 5.41) is 3.09. The summed E-state index contributed by atoms with van der Waals surface area (Å²) < 4.78 is 27.0. The Hall–Kier alpha value is -2.22. The Kier molecular flexibility index (Phi) is 7.64. The van der Waals surface area contributed by atoms with Gasteiger partial charge in [-0.3, -0.25) is 4.79 Å². The van der Waals surface area contributed by atoms with Gasteiger partial charge in [0.25, 0.3) is 0 Å². The van der Waals surface area contributed by atoms with Crippen LogP contribution in [0.5, 0.6) is 0 Å². The van der Waals surface area contributed by atoms with Gasteiger partial charge in [-0.1, -0.05) is 48.5 Å². The van der Waals surface area contributed by atoms with Crippen LogP contribution in [-0.2, 0) is 21.2 Å². The van der Waals surface area contributed by atoms with Crippen LogP contribution < -0.4 is 5.32 Å². The smallest absolute Gasteiger partial charge is 0.243 e. The van der Waals surface area contributed by atoms with Crippen molar-refractivity contribution in [2.24, 2.45) is 5.92 Å². The van der Waals surface area contributed by atoms with Gasteiger partial charge in [0.05, 0.1) is 4.90 Å². The fourth-order valence-corrected chi connectivity index (χ4v) is 5.28. The lowest BCUT2D eigenvalue weighted by molar-refractivity contribution is -0.126. The van der Waals surface area contributed by atoms with Crippen LogP contribution >= 0.6 is 0 Å². The molecule has 7 heteroatoms. The van der Waals surface area contributed by atoms with Crippen molar-refractivity contribution >= 4 is 15.9 Å². The maximum absolute atomic E-state index is 12.7. The van der Waals surface area contributed by atoms with Crippen molar-refractivity contribution in [3.63, 3.8) is 0 Å². The molecule has 1 amide bonds. The van der Waals surface area contributed by atoms with Gasteiger partial charge in [0, 0.05) is 31.6 Å². The molecule has 0 radical (unpaired) electrons. The van der Waals surface area contributed by atoms with E-state index in [-0.39, 0.29) is 17.9 Å². The van der Waals surface area contributed by atoms with Crippen LogP contribution in [0, 0.1) is 5.92 Å². The molecule has 0 aromatic heterocycles. The number of hydrogen-bond acceptors (Lipinski definition) is 4. The fraction of sp³-hybridized carbons (Fsp3) is 0.435. The average Bonchev–Trinajstić information content (AvgIpc) is 2.77. The van der Waals surface area contributed by atoms with Crippen molar-refractivity contribution < 1.29 is 13.2 Å². The molecule has 0 saturated carbocycles. The van der Waals surface area contributed by atoms with Gasteiger partial charge in [0.1, 0.15) is 0 Å². The number of carbonyl (C=O) groups is 1. The normalized spacial score (nSPS) is 17.0. The van der Waals surface area contributed by atoms with Gasteiger partial charge in [-0.15, -0.1) is 0 Å². The zero-order chi connectivity index (χ0) is 21.6. The van der Waals surface area contributed by atoms with Crippen LogP contribution in [0.3, 0.4) is 0 Å². The molecular formula is C23H31N3O3S. The SMILES string of the molecule is CN(C)C(CNC(=O)C1CCN(S(=O)(=O)c2ccccc2)CC1)Cc1ccccc1. The lowest BCUT2D eigenvalue weighted by atomic mass is 9.97. The van der Waals surface area contributed by atoms with E-state index in [2.05, 4.69) is 22.3 Å². The molecule has 1 heterocycles. The number of likely N-dealkylation sites (N-methyl/N-ethyl adjacent to an activating group) is 1. The number of piperidine rings is 1. The van der Waals surface area contributed by atoms with E-state index in [4.69, 9.17) is 0 Å². The molecule has 2 aromatic carbocycles. The highest BCUT2D eigenvalue weighted by Gasteiger charge is 2.32. The Labute approximate surface area is 179 Å². The highest BCUT2D eigenvalue weighted by molar-refractivity contribution is 7.89. The Bertz CT molecular complexity index is 909. The number of hydrogen-bond donors (Lipinski definition) is 1. The number of amides is 1. The molecule has 1 saturated heterocycles. The molecule has 1 atom stereocenters. The van der Waals surface area contributed by atoms with Crippen molar-refractivity contribution in [3.05, 3.63) is 66.2 Å². The first kappa shape index (κ1) is 22.5. The standard InChI is InChI=1S/C23H31N3O3S/c1-25(2)21(17-19-9-5-3-6-10-19)18-24-23(27)20-13-15-26(16-14-20)30(28,29)22-11-7-4-8-12-22/h3-12,20-21H,13-18H2,1-2H3,(H,24,27). The summed E-state index contributed by atoms with van der Waals surface area (Å²) in [6, 6.07) is 18.9. The lowest BCUT2D eigenvalue weighted by Gasteiger charge is -2.31. The van der Waals surface area contributed by atoms with Gasteiger partial charge in [-0.05, 0) is 51.1 Å². The Morgan fingerprint density at radius 1 is 1.03 bits per heavy atom. The van der Waals surface area contributed by atoms with Crippen LogP contribution in [0.1, 0.15) is 18.4 Å². The van der Waals surface area contributed by atoms with Crippen LogP contribution in [0.15, 0.2) is 65.6 Å². The van der Waals surface area contributed by atoms with E-state index in [1.54, 1.807) is 30.3 Å². The van der Waals surface area contributed by atoms with Crippen LogP contribution in [0.25, 0.3) is 0 Å². The molecule has 0 aliphatic carbocycles. The van der Waals surface area contributed by atoms with Gasteiger partial charge >= 0.3 is 0 Å². The van der Waals surface area contributed by atoms with Crippen molar-refractivity contribution in [3.8, 4) is 0 Å². The number of nitrogens with zero attached hydrogens (tertiary/aromatic N) is 2. The number of benzene rings is 2. The second-order valence-electron chi connectivity index (χ2n) is 8.04. The molecule has 0 spiro atoms. The number of carbonyl (C=O) groups excluding carboxylic acids is 1. The van der Waals surface area contributed by atoms with E-state index >= 15 is 0 Å². The number of sulfonamides is 1. The summed E-state index contributed by atoms with van der Waals surface area (Å²) in [7, 11) is 0.553. The van der Waals surface area contributed by atoms with E-state index in [1.807, 2.05) is 32.3 Å². The molecule has 162 valence electrons. The van der Waals surface area contributed by atoms with E-state index in [9.17, 15) is 13.2 Å². The molecule has 2 aromatic rings. The topological polar surface area (TPSA) is 69.7 Å². The predicted molar refractivity (Wildman–Crippen MR) is 119 cm³/mol. The molecule has 1 unspecified atom stereocenters. The van der Waals surface area contributed by atoms with Gasteiger partial charge in [-0.25, -0.2) is 8.42 Å². The summed E-state index contributed by atoms with van der Waals surface area (Å²) in [4.78, 5) is 15.1. The highest BCUT2D eigenvalue weighted by atomic mass is 32.2. The minimum Gasteiger partial charge on any atom is -0.354 e. The molecule has 6 nitrogen and oxygen atoms in total. The molecule has 3 rings (SSSR count). The second-order valence-corrected chi connectivity index (χ2v) is 9.98. The van der Waals surface area contributed by atoms with Gasteiger partial charge in [-0.2, -0.15) is 4.31 Å². The van der Waals surface area contributed by atoms with E-state index < -0.39 is 10.0 Å². The fourth-order valence-electron chi connectivity index (χ4n) is 3.79. The lowest BCUT2D eigenvalue weighted by Crippen LogP contribution is -2.46. The minimum absolute atomic E-state index is 0.0201. The van der Waals surface area contributed by atoms with Crippen molar-refractivity contribution in [2.45, 2.75) is 30.2 Å². The molecule has 1 fully saturated rings. The summed E-state index contributed by atoms with van der Waals surface area (Å²) in [6.07, 6.45) is 1.95. The summed E-state index contributed by atoms with van der Waals surface area (Å²) in [6.45, 7) is 1.32. The Morgan fingerprint density at radius 2 is 1.60 bits per heavy atom. The molecular weight excluding hydrogens is 398 g/mol. The van der Waals surface area contributed by atoms with Gasteiger partial charge in [0.15, 0.2) is 0 Å². The molecule has 1 aliphatic heterocycles. The van der Waals surface area contributed by atoms with Crippen molar-refractivity contribution in [1.82, 2.24) is 14.5 Å². The van der Waals surface area contributed by atoms with E-state index in [0.29, 0.717) is 37.4 Å². The molecule has 1 aliphatic rings. The Morgan fingerprint density at radius 3 is 2.17 bits per heavy atom. The highest BCUT2D eigenvalue weighted by Crippen LogP contribution is 2.24. The zero-order valence-electron chi connectivity index (χ0n) is 17.7. The first-order valence-corrected chi connectivity index (χ1v) is 11.8. The average molecular weight is 430 g/mol. The maximum Gasteiger partial charge on any atom is 0.243 e. The van der Waals surface area contributed by atoms with Crippen molar-refractivity contribution in [1.29, 1.82) is 0 Å². The van der Waals surface area contributed by atoms with Crippen LogP contribution in [0.2, 0.25) is 0 Å². The van der Waals surface area contributed by atoms with E-state index in [1.165, 1.54) is 9.87 Å².